The van der Waals surface area contributed by atoms with Crippen molar-refractivity contribution in [2.24, 2.45) is 0 Å². The number of hydrogen-bond donors (Lipinski definition) is 1. The molecule has 0 unspecified atom stereocenters. The minimum Gasteiger partial charge on any atom is -0.489 e. The van der Waals surface area contributed by atoms with Gasteiger partial charge >= 0.3 is 5.97 Å². The maximum atomic E-state index is 13.7. The van der Waals surface area contributed by atoms with Crippen LogP contribution in [0.3, 0.4) is 0 Å². The van der Waals surface area contributed by atoms with Gasteiger partial charge in [0.25, 0.3) is 5.91 Å². The Morgan fingerprint density at radius 2 is 1.81 bits per heavy atom. The van der Waals surface area contributed by atoms with E-state index in [2.05, 4.69) is 10.1 Å². The Balaban J connectivity index is 1.69. The average Bonchev–Trinajstić information content (AvgIpc) is 2.82. The molecule has 0 aliphatic heterocycles. The third-order valence-corrected chi connectivity index (χ3v) is 4.45. The van der Waals surface area contributed by atoms with Gasteiger partial charge in [0.2, 0.25) is 0 Å². The number of benzene rings is 3. The van der Waals surface area contributed by atoms with Crippen molar-refractivity contribution in [3.8, 4) is 11.8 Å². The van der Waals surface area contributed by atoms with E-state index >= 15 is 0 Å². The molecular weight excluding hydrogens is 411 g/mol. The van der Waals surface area contributed by atoms with Crippen molar-refractivity contribution >= 4 is 23.6 Å². The van der Waals surface area contributed by atoms with Gasteiger partial charge in [-0.2, -0.15) is 5.26 Å². The topological polar surface area (TPSA) is 88.4 Å². The summed E-state index contributed by atoms with van der Waals surface area (Å²) in [5.74, 6) is -0.974. The van der Waals surface area contributed by atoms with Crippen molar-refractivity contribution in [2.45, 2.75) is 6.61 Å². The van der Waals surface area contributed by atoms with Gasteiger partial charge in [-0.05, 0) is 54.1 Å². The molecule has 0 bridgehead atoms. The van der Waals surface area contributed by atoms with Gasteiger partial charge in [0.1, 0.15) is 29.8 Å². The van der Waals surface area contributed by atoms with E-state index in [1.165, 1.54) is 43.5 Å². The van der Waals surface area contributed by atoms with Crippen LogP contribution in [0, 0.1) is 17.1 Å². The van der Waals surface area contributed by atoms with Crippen molar-refractivity contribution in [3.63, 3.8) is 0 Å². The van der Waals surface area contributed by atoms with E-state index in [9.17, 15) is 19.2 Å². The van der Waals surface area contributed by atoms with Crippen molar-refractivity contribution < 1.29 is 23.5 Å². The van der Waals surface area contributed by atoms with Gasteiger partial charge in [0.15, 0.2) is 0 Å². The summed E-state index contributed by atoms with van der Waals surface area (Å²) in [6.07, 6.45) is 1.42. The third kappa shape index (κ3) is 5.80. The van der Waals surface area contributed by atoms with Crippen molar-refractivity contribution in [1.82, 2.24) is 0 Å². The highest BCUT2D eigenvalue weighted by Crippen LogP contribution is 2.19. The number of ether oxygens (including phenoxy) is 2. The van der Waals surface area contributed by atoms with E-state index in [4.69, 9.17) is 4.74 Å². The van der Waals surface area contributed by atoms with Gasteiger partial charge in [0, 0.05) is 11.3 Å². The molecule has 0 spiro atoms. The monoisotopic (exact) mass is 430 g/mol. The van der Waals surface area contributed by atoms with E-state index in [-0.39, 0.29) is 18.0 Å². The number of nitrogens with one attached hydrogen (secondary N) is 1. The normalized spacial score (nSPS) is 10.7. The molecule has 0 aliphatic carbocycles. The number of esters is 1. The Bertz CT molecular complexity index is 1200. The molecule has 1 N–H and O–H groups in total. The lowest BCUT2D eigenvalue weighted by molar-refractivity contribution is -0.112. The quantitative estimate of drug-likeness (QED) is 0.332. The van der Waals surface area contributed by atoms with Crippen LogP contribution in [0.15, 0.2) is 78.4 Å². The van der Waals surface area contributed by atoms with Gasteiger partial charge in [0.05, 0.1) is 12.7 Å². The Kier molecular flexibility index (Phi) is 7.33. The van der Waals surface area contributed by atoms with Crippen LogP contribution in [0.4, 0.5) is 10.1 Å². The highest BCUT2D eigenvalue weighted by Gasteiger charge is 2.11. The first-order valence-electron chi connectivity index (χ1n) is 9.58. The minimum absolute atomic E-state index is 0.0486. The molecule has 3 aromatic rings. The molecular formula is C25H19FN2O4. The summed E-state index contributed by atoms with van der Waals surface area (Å²) in [5, 5.41) is 12.0. The summed E-state index contributed by atoms with van der Waals surface area (Å²) in [6.45, 7) is 0.0486. The summed E-state index contributed by atoms with van der Waals surface area (Å²) in [4.78, 5) is 24.0. The minimum atomic E-state index is -0.601. The molecule has 1 amide bonds. The molecule has 0 radical (unpaired) electrons. The molecule has 0 saturated heterocycles. The number of hydrogen-bond acceptors (Lipinski definition) is 5. The number of nitriles is 1. The number of carbonyl (C=O) groups excluding carboxylic acids is 2. The molecule has 3 aromatic carbocycles. The van der Waals surface area contributed by atoms with Gasteiger partial charge in [-0.25, -0.2) is 9.18 Å². The molecule has 6 nitrogen and oxygen atoms in total. The van der Waals surface area contributed by atoms with Crippen molar-refractivity contribution in [3.05, 3.63) is 101 Å². The largest absolute Gasteiger partial charge is 0.489 e. The fraction of sp³-hybridized carbons (Fsp3) is 0.0800. The molecule has 32 heavy (non-hydrogen) atoms. The van der Waals surface area contributed by atoms with Crippen LogP contribution in [0.25, 0.3) is 6.08 Å². The number of methoxy groups -OCH3 is 1. The first-order valence-corrected chi connectivity index (χ1v) is 9.58. The highest BCUT2D eigenvalue weighted by atomic mass is 19.1. The zero-order chi connectivity index (χ0) is 22.9. The van der Waals surface area contributed by atoms with Crippen molar-refractivity contribution in [1.29, 1.82) is 5.26 Å². The lowest BCUT2D eigenvalue weighted by atomic mass is 10.1. The van der Waals surface area contributed by atoms with Gasteiger partial charge in [-0.15, -0.1) is 0 Å². The highest BCUT2D eigenvalue weighted by molar-refractivity contribution is 6.09. The van der Waals surface area contributed by atoms with Crippen LogP contribution in [0.2, 0.25) is 0 Å². The summed E-state index contributed by atoms with van der Waals surface area (Å²) in [5.41, 5.74) is 1.64. The van der Waals surface area contributed by atoms with Crippen LogP contribution in [0.1, 0.15) is 21.5 Å². The van der Waals surface area contributed by atoms with Crippen LogP contribution < -0.4 is 10.1 Å². The van der Waals surface area contributed by atoms with Crippen LogP contribution in [0.5, 0.6) is 5.75 Å². The Morgan fingerprint density at radius 3 is 2.50 bits per heavy atom. The molecule has 0 aliphatic rings. The Hall–Kier alpha value is -4.44. The van der Waals surface area contributed by atoms with E-state index < -0.39 is 11.9 Å². The first kappa shape index (κ1) is 22.2. The molecule has 3 rings (SSSR count). The zero-order valence-electron chi connectivity index (χ0n) is 17.2. The number of carbonyl (C=O) groups is 2. The fourth-order valence-electron chi connectivity index (χ4n) is 2.79. The second-order valence-electron chi connectivity index (χ2n) is 6.65. The average molecular weight is 430 g/mol. The maximum Gasteiger partial charge on any atom is 0.337 e. The molecule has 0 saturated carbocycles. The first-order chi connectivity index (χ1) is 15.5. The van der Waals surface area contributed by atoms with Gasteiger partial charge in [-0.1, -0.05) is 30.3 Å². The summed E-state index contributed by atoms with van der Waals surface area (Å²) in [7, 11) is 1.28. The lowest BCUT2D eigenvalue weighted by Gasteiger charge is -2.08. The number of anilines is 1. The van der Waals surface area contributed by atoms with E-state index in [1.54, 1.807) is 42.5 Å². The Labute approximate surface area is 184 Å². The molecule has 160 valence electrons. The number of halogens is 1. The molecule has 0 heterocycles. The van der Waals surface area contributed by atoms with E-state index in [0.717, 1.165) is 0 Å². The fourth-order valence-corrected chi connectivity index (χ4v) is 2.79. The smallest absolute Gasteiger partial charge is 0.337 e. The van der Waals surface area contributed by atoms with Crippen LogP contribution in [-0.4, -0.2) is 19.0 Å². The predicted molar refractivity (Wildman–Crippen MR) is 117 cm³/mol. The second kappa shape index (κ2) is 10.5. The Morgan fingerprint density at radius 1 is 1.06 bits per heavy atom. The number of amides is 1. The van der Waals surface area contributed by atoms with Crippen LogP contribution >= 0.6 is 0 Å². The molecule has 0 aromatic heterocycles. The van der Waals surface area contributed by atoms with Crippen molar-refractivity contribution in [2.75, 3.05) is 12.4 Å². The van der Waals surface area contributed by atoms with Gasteiger partial charge < -0.3 is 14.8 Å². The third-order valence-electron chi connectivity index (χ3n) is 4.45. The van der Waals surface area contributed by atoms with E-state index in [1.807, 2.05) is 6.07 Å². The SMILES string of the molecule is COC(=O)c1ccc(NC(=O)/C(C#N)=C\c2cccc(OCc3ccccc3F)c2)cc1. The van der Waals surface area contributed by atoms with Crippen LogP contribution in [-0.2, 0) is 16.1 Å². The molecule has 0 atom stereocenters. The molecule has 0 fully saturated rings. The summed E-state index contributed by atoms with van der Waals surface area (Å²) < 4.78 is 24.0. The van der Waals surface area contributed by atoms with E-state index in [0.29, 0.717) is 28.1 Å². The second-order valence-corrected chi connectivity index (χ2v) is 6.65. The number of rotatable bonds is 7. The molecule has 7 heteroatoms. The zero-order valence-corrected chi connectivity index (χ0v) is 17.2. The standard InChI is InChI=1S/C25H19FN2O4/c1-31-25(30)18-9-11-21(12-10-18)28-24(29)20(15-27)13-17-5-4-7-22(14-17)32-16-19-6-2-3-8-23(19)26/h2-14H,16H2,1H3,(H,28,29)/b20-13-. The summed E-state index contributed by atoms with van der Waals surface area (Å²) >= 11 is 0. The van der Waals surface area contributed by atoms with Gasteiger partial charge in [-0.3, -0.25) is 4.79 Å². The predicted octanol–water partition coefficient (Wildman–Crippen LogP) is 4.74. The summed E-state index contributed by atoms with van der Waals surface area (Å²) in [6, 6.07) is 21.1. The number of nitrogens with zero attached hydrogens (tertiary/aromatic N) is 1. The lowest BCUT2D eigenvalue weighted by Crippen LogP contribution is -2.13. The maximum absolute atomic E-state index is 13.7.